The largest absolute Gasteiger partial charge is 0.443 e. The molecule has 3 aromatic rings. The topological polar surface area (TPSA) is 141 Å². The number of ether oxygens (including phenoxy) is 1. The molecule has 0 aromatic carbocycles. The summed E-state index contributed by atoms with van der Waals surface area (Å²) in [4.78, 5) is 53.4. The van der Waals surface area contributed by atoms with Crippen molar-refractivity contribution in [3.05, 3.63) is 46.5 Å². The number of rotatable bonds is 7. The first-order chi connectivity index (χ1) is 16.6. The second-order valence-corrected chi connectivity index (χ2v) is 9.00. The Bertz CT molecular complexity index is 1320. The molecule has 4 rings (SSSR count). The van der Waals surface area contributed by atoms with Crippen molar-refractivity contribution in [2.75, 3.05) is 24.4 Å². The molecule has 0 saturated heterocycles. The lowest BCUT2D eigenvalue weighted by Gasteiger charge is -2.25. The van der Waals surface area contributed by atoms with Gasteiger partial charge in [0.2, 0.25) is 0 Å². The van der Waals surface area contributed by atoms with Gasteiger partial charge in [-0.05, 0) is 45.7 Å². The van der Waals surface area contributed by atoms with Gasteiger partial charge in [0.15, 0.2) is 5.65 Å². The Morgan fingerprint density at radius 3 is 2.66 bits per heavy atom. The van der Waals surface area contributed by atoms with Crippen molar-refractivity contribution in [3.63, 3.8) is 0 Å². The van der Waals surface area contributed by atoms with Gasteiger partial charge < -0.3 is 15.4 Å². The maximum Gasteiger partial charge on any atom is 0.415 e. The van der Waals surface area contributed by atoms with Crippen LogP contribution < -0.4 is 26.1 Å². The number of nitrogens with one attached hydrogen (secondary N) is 2. The van der Waals surface area contributed by atoms with Crippen LogP contribution in [0.5, 0.6) is 0 Å². The highest BCUT2D eigenvalue weighted by Crippen LogP contribution is 2.25. The molecular weight excluding hydrogens is 458 g/mol. The van der Waals surface area contributed by atoms with Gasteiger partial charge in [0.25, 0.3) is 5.91 Å². The van der Waals surface area contributed by atoms with Gasteiger partial charge in [-0.15, -0.1) is 4.73 Å². The van der Waals surface area contributed by atoms with E-state index in [1.807, 2.05) is 0 Å². The SMILES string of the molecule is COOn1cccc(Nc2cc(N(C)C(=O)OC(C)(C)C)n3ncc(C(=O)NC4CC4)c3n2)c1=O. The van der Waals surface area contributed by atoms with Crippen molar-refractivity contribution in [2.24, 2.45) is 0 Å². The van der Waals surface area contributed by atoms with Crippen LogP contribution in [0.3, 0.4) is 0 Å². The van der Waals surface area contributed by atoms with Crippen LogP contribution in [-0.2, 0) is 9.62 Å². The summed E-state index contributed by atoms with van der Waals surface area (Å²) in [5.41, 5.74) is -0.723. The zero-order valence-corrected chi connectivity index (χ0v) is 20.1. The molecule has 1 aliphatic rings. The highest BCUT2D eigenvalue weighted by molar-refractivity contribution is 6.00. The Labute approximate surface area is 200 Å². The molecule has 0 unspecified atom stereocenters. The van der Waals surface area contributed by atoms with E-state index in [-0.39, 0.29) is 40.5 Å². The van der Waals surface area contributed by atoms with E-state index in [0.29, 0.717) is 0 Å². The third-order valence-corrected chi connectivity index (χ3v) is 4.95. The van der Waals surface area contributed by atoms with Crippen LogP contribution in [0.2, 0.25) is 0 Å². The maximum absolute atomic E-state index is 12.8. The van der Waals surface area contributed by atoms with Crippen LogP contribution in [0.15, 0.2) is 35.4 Å². The zero-order chi connectivity index (χ0) is 25.3. The third kappa shape index (κ3) is 5.35. The van der Waals surface area contributed by atoms with Crippen LogP contribution in [0.1, 0.15) is 44.0 Å². The van der Waals surface area contributed by atoms with Crippen LogP contribution in [0.25, 0.3) is 5.65 Å². The zero-order valence-electron chi connectivity index (χ0n) is 20.1. The Kier molecular flexibility index (Phi) is 6.35. The van der Waals surface area contributed by atoms with E-state index in [1.54, 1.807) is 26.8 Å². The van der Waals surface area contributed by atoms with Gasteiger partial charge in [0.05, 0.1) is 19.5 Å². The molecule has 1 saturated carbocycles. The number of carbonyl (C=O) groups is 2. The molecule has 35 heavy (non-hydrogen) atoms. The number of hydrogen-bond acceptors (Lipinski definition) is 9. The Morgan fingerprint density at radius 1 is 1.26 bits per heavy atom. The molecule has 1 aliphatic carbocycles. The van der Waals surface area contributed by atoms with Crippen LogP contribution in [-0.4, -0.2) is 57.1 Å². The van der Waals surface area contributed by atoms with Gasteiger partial charge in [-0.25, -0.2) is 14.8 Å². The fourth-order valence-corrected chi connectivity index (χ4v) is 3.17. The lowest BCUT2D eigenvalue weighted by molar-refractivity contribution is -0.274. The second-order valence-electron chi connectivity index (χ2n) is 9.00. The normalized spacial score (nSPS) is 13.4. The van der Waals surface area contributed by atoms with E-state index in [4.69, 9.17) is 9.73 Å². The summed E-state index contributed by atoms with van der Waals surface area (Å²) >= 11 is 0. The average Bonchev–Trinajstić information content (AvgIpc) is 3.49. The lowest BCUT2D eigenvalue weighted by Crippen LogP contribution is -2.35. The monoisotopic (exact) mass is 485 g/mol. The number of anilines is 3. The minimum absolute atomic E-state index is 0.121. The first kappa shape index (κ1) is 24.0. The molecule has 3 aromatic heterocycles. The highest BCUT2D eigenvalue weighted by atomic mass is 17.3. The number of amides is 2. The molecule has 2 N–H and O–H groups in total. The number of pyridine rings is 1. The van der Waals surface area contributed by atoms with E-state index in [1.165, 1.54) is 48.1 Å². The summed E-state index contributed by atoms with van der Waals surface area (Å²) < 4.78 is 7.74. The molecule has 13 nitrogen and oxygen atoms in total. The van der Waals surface area contributed by atoms with Gasteiger partial charge in [-0.3, -0.25) is 14.5 Å². The molecular formula is C22H27N7O6. The summed E-state index contributed by atoms with van der Waals surface area (Å²) in [6.07, 6.45) is 3.97. The summed E-state index contributed by atoms with van der Waals surface area (Å²) in [5, 5.41) is 10.1. The molecule has 13 heteroatoms. The predicted octanol–water partition coefficient (Wildman–Crippen LogP) is 1.89. The maximum atomic E-state index is 12.8. The highest BCUT2D eigenvalue weighted by Gasteiger charge is 2.28. The molecule has 1 fully saturated rings. The van der Waals surface area contributed by atoms with Gasteiger partial charge in [-0.2, -0.15) is 14.5 Å². The van der Waals surface area contributed by atoms with Crippen LogP contribution >= 0.6 is 0 Å². The first-order valence-corrected chi connectivity index (χ1v) is 10.9. The standard InChI is InChI=1S/C22H27N7O6/c1-22(2,3)34-21(32)27(4)17-11-16(25-15-7-6-10-28(20(15)31)35-33-5)26-18-14(12-23-29(17)18)19(30)24-13-8-9-13/h6-7,10-13H,8-9H2,1-5H3,(H,24,30)(H,25,26). The van der Waals surface area contributed by atoms with Crippen molar-refractivity contribution in [2.45, 2.75) is 45.3 Å². The minimum Gasteiger partial charge on any atom is -0.443 e. The average molecular weight is 486 g/mol. The molecule has 0 radical (unpaired) electrons. The van der Waals surface area contributed by atoms with E-state index < -0.39 is 17.3 Å². The number of nitrogens with zero attached hydrogens (tertiary/aromatic N) is 5. The Hall–Kier alpha value is -4.13. The molecule has 0 aliphatic heterocycles. The molecule has 186 valence electrons. The van der Waals surface area contributed by atoms with Crippen molar-refractivity contribution in [1.29, 1.82) is 0 Å². The Morgan fingerprint density at radius 2 is 2.00 bits per heavy atom. The smallest absolute Gasteiger partial charge is 0.415 e. The molecule has 0 bridgehead atoms. The quantitative estimate of drug-likeness (QED) is 0.379. The summed E-state index contributed by atoms with van der Waals surface area (Å²) in [7, 11) is 2.79. The van der Waals surface area contributed by atoms with Gasteiger partial charge in [0.1, 0.15) is 28.5 Å². The summed E-state index contributed by atoms with van der Waals surface area (Å²) in [6.45, 7) is 5.26. The minimum atomic E-state index is -0.728. The fraction of sp³-hybridized carbons (Fsp3) is 0.409. The molecule has 3 heterocycles. The second kappa shape index (κ2) is 9.25. The summed E-state index contributed by atoms with van der Waals surface area (Å²) in [6, 6.07) is 4.74. The van der Waals surface area contributed by atoms with Crippen molar-refractivity contribution in [1.82, 2.24) is 24.6 Å². The molecule has 0 spiro atoms. The molecule has 2 amide bonds. The summed E-state index contributed by atoms with van der Waals surface area (Å²) in [5.74, 6) is 0.131. The van der Waals surface area contributed by atoms with E-state index in [9.17, 15) is 14.4 Å². The number of fused-ring (bicyclic) bond motifs is 1. The third-order valence-electron chi connectivity index (χ3n) is 4.95. The van der Waals surface area contributed by atoms with Crippen molar-refractivity contribution in [3.8, 4) is 0 Å². The van der Waals surface area contributed by atoms with Gasteiger partial charge in [0, 0.05) is 19.2 Å². The van der Waals surface area contributed by atoms with Gasteiger partial charge in [-0.1, -0.05) is 0 Å². The van der Waals surface area contributed by atoms with Crippen LogP contribution in [0, 0.1) is 0 Å². The lowest BCUT2D eigenvalue weighted by atomic mass is 10.2. The predicted molar refractivity (Wildman–Crippen MR) is 126 cm³/mol. The van der Waals surface area contributed by atoms with E-state index >= 15 is 0 Å². The van der Waals surface area contributed by atoms with E-state index in [2.05, 4.69) is 25.6 Å². The van der Waals surface area contributed by atoms with E-state index in [0.717, 1.165) is 17.6 Å². The Balaban J connectivity index is 1.78. The van der Waals surface area contributed by atoms with Crippen molar-refractivity contribution < 1.29 is 24.2 Å². The van der Waals surface area contributed by atoms with Crippen LogP contribution in [0.4, 0.5) is 22.1 Å². The fourth-order valence-electron chi connectivity index (χ4n) is 3.17. The number of carbonyl (C=O) groups excluding carboxylic acids is 2. The number of hydrogen-bond donors (Lipinski definition) is 2. The van der Waals surface area contributed by atoms with Crippen molar-refractivity contribution >= 4 is 35.0 Å². The molecule has 0 atom stereocenters. The number of aromatic nitrogens is 4. The van der Waals surface area contributed by atoms with Gasteiger partial charge >= 0.3 is 11.7 Å². The first-order valence-electron chi connectivity index (χ1n) is 10.9.